The van der Waals surface area contributed by atoms with Crippen LogP contribution in [0.4, 0.5) is 0 Å². The van der Waals surface area contributed by atoms with E-state index in [-0.39, 0.29) is 36.1 Å². The van der Waals surface area contributed by atoms with Gasteiger partial charge in [-0.05, 0) is 94.5 Å². The van der Waals surface area contributed by atoms with Crippen molar-refractivity contribution in [3.63, 3.8) is 0 Å². The maximum atomic E-state index is 13.4. The summed E-state index contributed by atoms with van der Waals surface area (Å²) in [4.78, 5) is 48.0. The van der Waals surface area contributed by atoms with Crippen molar-refractivity contribution in [2.45, 2.75) is 89.3 Å². The van der Waals surface area contributed by atoms with Crippen LogP contribution in [0.5, 0.6) is 17.2 Å². The highest BCUT2D eigenvalue weighted by Gasteiger charge is 2.35. The fraction of sp³-hybridized carbons (Fsp3) is 0.395. The first-order valence-electron chi connectivity index (χ1n) is 16.5. The predicted octanol–water partition coefficient (Wildman–Crippen LogP) is 7.23. The fourth-order valence-electron chi connectivity index (χ4n) is 6.58. The summed E-state index contributed by atoms with van der Waals surface area (Å²) < 4.78 is 18.1. The first kappa shape index (κ1) is 32.2. The summed E-state index contributed by atoms with van der Waals surface area (Å²) >= 11 is 0. The summed E-state index contributed by atoms with van der Waals surface area (Å²) in [7, 11) is 0. The van der Waals surface area contributed by atoms with Gasteiger partial charge < -0.3 is 19.3 Å². The predicted molar refractivity (Wildman–Crippen MR) is 176 cm³/mol. The summed E-state index contributed by atoms with van der Waals surface area (Å²) in [5.41, 5.74) is 3.13. The molecule has 0 unspecified atom stereocenters. The van der Waals surface area contributed by atoms with E-state index in [4.69, 9.17) is 24.2 Å². The molecule has 47 heavy (non-hydrogen) atoms. The van der Waals surface area contributed by atoms with Crippen LogP contribution in [0.15, 0.2) is 66.7 Å². The minimum Gasteiger partial charge on any atom is -0.508 e. The highest BCUT2D eigenvalue weighted by Crippen LogP contribution is 2.39. The molecule has 0 atom stereocenters. The molecule has 9 heteroatoms. The zero-order valence-corrected chi connectivity index (χ0v) is 26.7. The van der Waals surface area contributed by atoms with Gasteiger partial charge in [-0.1, -0.05) is 48.9 Å². The number of carbonyl (C=O) groups excluding carboxylic acids is 3. The lowest BCUT2D eigenvalue weighted by atomic mass is 9.86. The first-order valence-corrected chi connectivity index (χ1v) is 16.5. The number of fused-ring (bicyclic) bond motifs is 1. The number of hydrogen-bond donors (Lipinski definition) is 1. The maximum Gasteiger partial charge on any atom is 0.314 e. The van der Waals surface area contributed by atoms with E-state index in [1.807, 2.05) is 37.3 Å². The Labute approximate surface area is 274 Å². The number of esters is 2. The van der Waals surface area contributed by atoms with Crippen molar-refractivity contribution in [3.05, 3.63) is 78.0 Å². The fourth-order valence-corrected chi connectivity index (χ4v) is 6.58. The lowest BCUT2D eigenvalue weighted by Crippen LogP contribution is -2.40. The molecule has 1 aromatic heterocycles. The van der Waals surface area contributed by atoms with E-state index < -0.39 is 5.60 Å². The van der Waals surface area contributed by atoms with Crippen molar-refractivity contribution >= 4 is 29.3 Å². The average molecular weight is 637 g/mol. The van der Waals surface area contributed by atoms with Crippen LogP contribution in [0.2, 0.25) is 0 Å². The van der Waals surface area contributed by atoms with Gasteiger partial charge in [0.25, 0.3) is 0 Å². The number of rotatable bonds is 10. The third-order valence-electron chi connectivity index (χ3n) is 9.27. The van der Waals surface area contributed by atoms with Crippen molar-refractivity contribution in [1.82, 2.24) is 9.97 Å². The van der Waals surface area contributed by atoms with Crippen molar-refractivity contribution in [2.24, 2.45) is 5.92 Å². The Morgan fingerprint density at radius 2 is 1.55 bits per heavy atom. The van der Waals surface area contributed by atoms with Gasteiger partial charge >= 0.3 is 11.9 Å². The molecule has 6 rings (SSSR count). The number of aromatic nitrogens is 2. The van der Waals surface area contributed by atoms with Crippen LogP contribution in [-0.4, -0.2) is 45.0 Å². The van der Waals surface area contributed by atoms with Gasteiger partial charge in [-0.25, -0.2) is 9.97 Å². The van der Waals surface area contributed by atoms with Crippen molar-refractivity contribution in [3.8, 4) is 28.5 Å². The van der Waals surface area contributed by atoms with Crippen LogP contribution in [0, 0.1) is 12.8 Å². The molecular weight excluding hydrogens is 596 g/mol. The maximum absolute atomic E-state index is 13.4. The molecule has 0 bridgehead atoms. The molecule has 2 saturated carbocycles. The Morgan fingerprint density at radius 1 is 0.872 bits per heavy atom. The van der Waals surface area contributed by atoms with Gasteiger partial charge in [0.1, 0.15) is 28.6 Å². The van der Waals surface area contributed by atoms with E-state index in [9.17, 15) is 19.5 Å². The highest BCUT2D eigenvalue weighted by molar-refractivity contribution is 5.91. The molecule has 2 fully saturated rings. The number of carbonyl (C=O) groups is 3. The van der Waals surface area contributed by atoms with E-state index in [0.717, 1.165) is 36.7 Å². The standard InChI is InChI=1S/C38H40N2O7/c1-25-34(27-8-4-2-5-9-27)40-36-32(47-38(24-41)22-6-3-7-23-38)20-19-31(35(36)39-25)46-37(44)28-13-17-30(18-14-28)45-33(43)21-12-26-10-15-29(42)16-11-26/h2,4-5,8-11,15-16,19-20,24,28,30,42H,3,6-7,12-14,17-18,21-23H2,1H3. The Balaban J connectivity index is 1.15. The normalized spacial score (nSPS) is 19.1. The lowest BCUT2D eigenvalue weighted by molar-refractivity contribution is -0.152. The molecular formula is C38H40N2O7. The molecule has 244 valence electrons. The van der Waals surface area contributed by atoms with Gasteiger partial charge in [0.15, 0.2) is 17.6 Å². The molecule has 0 saturated heterocycles. The third kappa shape index (κ3) is 7.62. The van der Waals surface area contributed by atoms with Gasteiger partial charge in [0.2, 0.25) is 0 Å². The number of nitrogens with zero attached hydrogens (tertiary/aromatic N) is 2. The van der Waals surface area contributed by atoms with E-state index in [2.05, 4.69) is 0 Å². The summed E-state index contributed by atoms with van der Waals surface area (Å²) in [6, 6.07) is 19.9. The largest absolute Gasteiger partial charge is 0.508 e. The van der Waals surface area contributed by atoms with Gasteiger partial charge in [-0.3, -0.25) is 14.4 Å². The van der Waals surface area contributed by atoms with Crippen LogP contribution in [0.25, 0.3) is 22.3 Å². The van der Waals surface area contributed by atoms with Crippen molar-refractivity contribution in [2.75, 3.05) is 0 Å². The van der Waals surface area contributed by atoms with E-state index in [1.165, 1.54) is 0 Å². The van der Waals surface area contributed by atoms with Crippen molar-refractivity contribution in [1.29, 1.82) is 0 Å². The molecule has 4 aromatic rings. The van der Waals surface area contributed by atoms with Gasteiger partial charge in [0, 0.05) is 12.0 Å². The summed E-state index contributed by atoms with van der Waals surface area (Å²) in [6.07, 6.45) is 7.84. The van der Waals surface area contributed by atoms with Crippen LogP contribution in [0.1, 0.15) is 75.5 Å². The third-order valence-corrected chi connectivity index (χ3v) is 9.27. The number of aldehydes is 1. The second-order valence-electron chi connectivity index (χ2n) is 12.7. The number of hydrogen-bond acceptors (Lipinski definition) is 9. The van der Waals surface area contributed by atoms with Gasteiger partial charge in [-0.15, -0.1) is 0 Å². The van der Waals surface area contributed by atoms with Crippen LogP contribution >= 0.6 is 0 Å². The zero-order chi connectivity index (χ0) is 32.8. The quantitative estimate of drug-likeness (QED) is 0.109. The number of phenols is 1. The Hall–Kier alpha value is -4.79. The molecule has 2 aliphatic carbocycles. The second kappa shape index (κ2) is 14.3. The van der Waals surface area contributed by atoms with Gasteiger partial charge in [0.05, 0.1) is 17.3 Å². The van der Waals surface area contributed by atoms with E-state index in [1.54, 1.807) is 36.4 Å². The number of aromatic hydroxyl groups is 1. The first-order chi connectivity index (χ1) is 22.8. The lowest BCUT2D eigenvalue weighted by Gasteiger charge is -2.33. The SMILES string of the molecule is Cc1nc2c(OC(=O)C3CCC(OC(=O)CCc4ccc(O)cc4)CC3)ccc(OC3(C=O)CCCCC3)c2nc1-c1ccccc1. The zero-order valence-electron chi connectivity index (χ0n) is 26.7. The number of phenolic OH excluding ortho intramolecular Hbond substituents is 1. The van der Waals surface area contributed by atoms with E-state index >= 15 is 0 Å². The van der Waals surface area contributed by atoms with Crippen LogP contribution < -0.4 is 9.47 Å². The summed E-state index contributed by atoms with van der Waals surface area (Å²) in [6.45, 7) is 1.87. The smallest absolute Gasteiger partial charge is 0.314 e. The molecule has 0 spiro atoms. The number of benzene rings is 3. The molecule has 2 aliphatic rings. The minimum absolute atomic E-state index is 0.188. The molecule has 1 heterocycles. The molecule has 0 amide bonds. The number of ether oxygens (including phenoxy) is 3. The summed E-state index contributed by atoms with van der Waals surface area (Å²) in [5.74, 6) is -0.0590. The van der Waals surface area contributed by atoms with Crippen LogP contribution in [-0.2, 0) is 25.5 Å². The molecule has 1 N–H and O–H groups in total. The molecule has 0 aliphatic heterocycles. The monoisotopic (exact) mass is 636 g/mol. The van der Waals surface area contributed by atoms with Crippen LogP contribution in [0.3, 0.4) is 0 Å². The summed E-state index contributed by atoms with van der Waals surface area (Å²) in [5, 5.41) is 9.44. The van der Waals surface area contributed by atoms with E-state index in [0.29, 0.717) is 78.9 Å². The molecule has 0 radical (unpaired) electrons. The van der Waals surface area contributed by atoms with Gasteiger partial charge in [-0.2, -0.15) is 0 Å². The second-order valence-corrected chi connectivity index (χ2v) is 12.7. The average Bonchev–Trinajstić information content (AvgIpc) is 3.10. The number of aryl methyl sites for hydroxylation is 2. The van der Waals surface area contributed by atoms with Crippen molar-refractivity contribution < 1.29 is 33.7 Å². The Kier molecular flexibility index (Phi) is 9.80. The molecule has 3 aromatic carbocycles. The topological polar surface area (TPSA) is 125 Å². The minimum atomic E-state index is -0.920. The Bertz CT molecular complexity index is 1720. The Morgan fingerprint density at radius 3 is 2.26 bits per heavy atom. The highest BCUT2D eigenvalue weighted by atomic mass is 16.5. The molecule has 9 nitrogen and oxygen atoms in total.